The van der Waals surface area contributed by atoms with E-state index in [0.29, 0.717) is 0 Å². The van der Waals surface area contributed by atoms with Crippen LogP contribution in [0, 0.1) is 0 Å². The molecule has 0 aliphatic heterocycles. The monoisotopic (exact) mass is 202 g/mol. The molecule has 1 fully saturated rings. The first-order valence-corrected chi connectivity index (χ1v) is 5.60. The number of aliphatic hydroxyl groups excluding tert-OH is 1. The van der Waals surface area contributed by atoms with E-state index in [1.807, 2.05) is 32.1 Å². The van der Waals surface area contributed by atoms with Crippen molar-refractivity contribution in [1.82, 2.24) is 0 Å². The minimum absolute atomic E-state index is 0.455. The zero-order chi connectivity index (χ0) is 10.8. The zero-order valence-corrected chi connectivity index (χ0v) is 9.40. The Bertz CT molecular complexity index is 353. The molecule has 0 spiro atoms. The molecule has 0 saturated heterocycles. The standard InChI is InChI=1S/C14H18O/c1-10(2)9-14(15)13-7-5-12(6-8-13)11-3-4-11/h5-9,11,14-15H,3-4H2,1-2H3. The molecule has 1 nitrogen and oxygen atoms in total. The first-order valence-electron chi connectivity index (χ1n) is 5.60. The molecule has 0 bridgehead atoms. The summed E-state index contributed by atoms with van der Waals surface area (Å²) in [6.45, 7) is 4.00. The number of rotatable bonds is 3. The van der Waals surface area contributed by atoms with Gasteiger partial charge in [0.2, 0.25) is 0 Å². The molecule has 0 amide bonds. The lowest BCUT2D eigenvalue weighted by Crippen LogP contribution is -1.94. The molecular weight excluding hydrogens is 184 g/mol. The van der Waals surface area contributed by atoms with Crippen molar-refractivity contribution < 1.29 is 5.11 Å². The van der Waals surface area contributed by atoms with Crippen molar-refractivity contribution >= 4 is 0 Å². The van der Waals surface area contributed by atoms with Crippen molar-refractivity contribution in [3.63, 3.8) is 0 Å². The van der Waals surface area contributed by atoms with Crippen LogP contribution in [0.5, 0.6) is 0 Å². The normalized spacial score (nSPS) is 17.3. The fourth-order valence-corrected chi connectivity index (χ4v) is 1.79. The maximum atomic E-state index is 9.86. The van der Waals surface area contributed by atoms with Gasteiger partial charge in [-0.2, -0.15) is 0 Å². The second-order valence-corrected chi connectivity index (χ2v) is 4.63. The quantitative estimate of drug-likeness (QED) is 0.743. The predicted octanol–water partition coefficient (Wildman–Crippen LogP) is 3.56. The van der Waals surface area contributed by atoms with Crippen LogP contribution < -0.4 is 0 Å². The Kier molecular flexibility index (Phi) is 2.92. The third-order valence-electron chi connectivity index (χ3n) is 2.82. The number of hydrogen-bond donors (Lipinski definition) is 1. The lowest BCUT2D eigenvalue weighted by molar-refractivity contribution is 0.227. The van der Waals surface area contributed by atoms with Crippen LogP contribution in [-0.2, 0) is 0 Å². The number of aliphatic hydroxyl groups is 1. The van der Waals surface area contributed by atoms with E-state index in [2.05, 4.69) is 12.1 Å². The number of benzene rings is 1. The molecule has 1 saturated carbocycles. The summed E-state index contributed by atoms with van der Waals surface area (Å²) >= 11 is 0. The summed E-state index contributed by atoms with van der Waals surface area (Å²) in [5, 5.41) is 9.86. The van der Waals surface area contributed by atoms with Crippen LogP contribution in [0.25, 0.3) is 0 Å². The van der Waals surface area contributed by atoms with Gasteiger partial charge in [0, 0.05) is 0 Å². The highest BCUT2D eigenvalue weighted by Gasteiger charge is 2.23. The third kappa shape index (κ3) is 2.69. The van der Waals surface area contributed by atoms with Crippen LogP contribution in [-0.4, -0.2) is 5.11 Å². The van der Waals surface area contributed by atoms with E-state index < -0.39 is 6.10 Å². The average molecular weight is 202 g/mol. The SMILES string of the molecule is CC(C)=CC(O)c1ccc(C2CC2)cc1. The molecule has 0 heterocycles. The van der Waals surface area contributed by atoms with Gasteiger partial charge in [-0.15, -0.1) is 0 Å². The summed E-state index contributed by atoms with van der Waals surface area (Å²) in [6, 6.07) is 8.37. The molecule has 1 aromatic carbocycles. The van der Waals surface area contributed by atoms with Crippen molar-refractivity contribution in [2.75, 3.05) is 0 Å². The van der Waals surface area contributed by atoms with Gasteiger partial charge in [0.05, 0.1) is 6.10 Å². The minimum Gasteiger partial charge on any atom is -0.384 e. The summed E-state index contributed by atoms with van der Waals surface area (Å²) in [5.74, 6) is 0.791. The third-order valence-corrected chi connectivity index (χ3v) is 2.82. The van der Waals surface area contributed by atoms with Crippen LogP contribution in [0.1, 0.15) is 49.8 Å². The van der Waals surface area contributed by atoms with Crippen molar-refractivity contribution in [3.05, 3.63) is 47.0 Å². The van der Waals surface area contributed by atoms with E-state index in [1.54, 1.807) is 0 Å². The Morgan fingerprint density at radius 3 is 2.33 bits per heavy atom. The van der Waals surface area contributed by atoms with Crippen molar-refractivity contribution in [2.45, 2.75) is 38.7 Å². The second kappa shape index (κ2) is 4.19. The van der Waals surface area contributed by atoms with Gasteiger partial charge in [-0.1, -0.05) is 35.9 Å². The summed E-state index contributed by atoms with van der Waals surface area (Å²) in [6.07, 6.45) is 4.08. The summed E-state index contributed by atoms with van der Waals surface area (Å²) in [4.78, 5) is 0. The number of allylic oxidation sites excluding steroid dienone is 1. The van der Waals surface area contributed by atoms with Crippen LogP contribution in [0.4, 0.5) is 0 Å². The van der Waals surface area contributed by atoms with Gasteiger partial charge in [-0.05, 0) is 43.7 Å². The molecule has 80 valence electrons. The Morgan fingerprint density at radius 1 is 1.27 bits per heavy atom. The van der Waals surface area contributed by atoms with E-state index in [4.69, 9.17) is 0 Å². The highest BCUT2D eigenvalue weighted by atomic mass is 16.3. The van der Waals surface area contributed by atoms with E-state index in [9.17, 15) is 5.11 Å². The Hall–Kier alpha value is -1.08. The first kappa shape index (κ1) is 10.4. The van der Waals surface area contributed by atoms with E-state index in [-0.39, 0.29) is 0 Å². The maximum Gasteiger partial charge on any atom is 0.0974 e. The second-order valence-electron chi connectivity index (χ2n) is 4.63. The Morgan fingerprint density at radius 2 is 1.87 bits per heavy atom. The molecule has 1 heteroatoms. The van der Waals surface area contributed by atoms with Crippen LogP contribution in [0.15, 0.2) is 35.9 Å². The maximum absolute atomic E-state index is 9.86. The van der Waals surface area contributed by atoms with Gasteiger partial charge in [0.15, 0.2) is 0 Å². The first-order chi connectivity index (χ1) is 7.16. The molecule has 1 atom stereocenters. The smallest absolute Gasteiger partial charge is 0.0974 e. The zero-order valence-electron chi connectivity index (χ0n) is 9.40. The summed E-state index contributed by atoms with van der Waals surface area (Å²) < 4.78 is 0. The molecule has 1 aliphatic rings. The lowest BCUT2D eigenvalue weighted by atomic mass is 10.0. The Balaban J connectivity index is 2.11. The fraction of sp³-hybridized carbons (Fsp3) is 0.429. The summed E-state index contributed by atoms with van der Waals surface area (Å²) in [5.41, 5.74) is 3.55. The molecule has 0 aromatic heterocycles. The van der Waals surface area contributed by atoms with E-state index in [1.165, 1.54) is 18.4 Å². The van der Waals surface area contributed by atoms with E-state index >= 15 is 0 Å². The fourth-order valence-electron chi connectivity index (χ4n) is 1.79. The molecule has 1 unspecified atom stereocenters. The van der Waals surface area contributed by atoms with Gasteiger partial charge in [0.25, 0.3) is 0 Å². The lowest BCUT2D eigenvalue weighted by Gasteiger charge is -2.07. The van der Waals surface area contributed by atoms with Crippen molar-refractivity contribution in [3.8, 4) is 0 Å². The van der Waals surface area contributed by atoms with Gasteiger partial charge in [0.1, 0.15) is 0 Å². The molecule has 2 rings (SSSR count). The van der Waals surface area contributed by atoms with Gasteiger partial charge in [-0.3, -0.25) is 0 Å². The predicted molar refractivity (Wildman–Crippen MR) is 62.8 cm³/mol. The molecule has 1 aromatic rings. The van der Waals surface area contributed by atoms with Crippen LogP contribution >= 0.6 is 0 Å². The number of hydrogen-bond acceptors (Lipinski definition) is 1. The minimum atomic E-state index is -0.455. The van der Waals surface area contributed by atoms with Crippen molar-refractivity contribution in [2.24, 2.45) is 0 Å². The van der Waals surface area contributed by atoms with E-state index in [0.717, 1.165) is 17.1 Å². The Labute approximate surface area is 91.4 Å². The summed E-state index contributed by atoms with van der Waals surface area (Å²) in [7, 11) is 0. The van der Waals surface area contributed by atoms with Gasteiger partial charge in [-0.25, -0.2) is 0 Å². The largest absolute Gasteiger partial charge is 0.384 e. The molecule has 0 radical (unpaired) electrons. The molecular formula is C14H18O. The van der Waals surface area contributed by atoms with Crippen LogP contribution in [0.3, 0.4) is 0 Å². The highest BCUT2D eigenvalue weighted by molar-refractivity contribution is 5.30. The average Bonchev–Trinajstić information content (AvgIpc) is 3.00. The van der Waals surface area contributed by atoms with Gasteiger partial charge < -0.3 is 5.11 Å². The van der Waals surface area contributed by atoms with Crippen molar-refractivity contribution in [1.29, 1.82) is 0 Å². The highest BCUT2D eigenvalue weighted by Crippen LogP contribution is 2.40. The topological polar surface area (TPSA) is 20.2 Å². The molecule has 1 N–H and O–H groups in total. The van der Waals surface area contributed by atoms with Crippen LogP contribution in [0.2, 0.25) is 0 Å². The molecule has 1 aliphatic carbocycles. The van der Waals surface area contributed by atoms with Gasteiger partial charge >= 0.3 is 0 Å². The molecule has 15 heavy (non-hydrogen) atoms.